The summed E-state index contributed by atoms with van der Waals surface area (Å²) in [4.78, 5) is 19.1. The van der Waals surface area contributed by atoms with Crippen molar-refractivity contribution in [2.45, 2.75) is 32.2 Å². The van der Waals surface area contributed by atoms with E-state index in [-0.39, 0.29) is 17.9 Å². The molecule has 0 fully saturated rings. The van der Waals surface area contributed by atoms with E-state index in [0.717, 1.165) is 29.3 Å². The zero-order chi connectivity index (χ0) is 21.3. The van der Waals surface area contributed by atoms with Gasteiger partial charge in [-0.2, -0.15) is 5.10 Å². The molecule has 0 radical (unpaired) electrons. The van der Waals surface area contributed by atoms with E-state index < -0.39 is 0 Å². The predicted molar refractivity (Wildman–Crippen MR) is 119 cm³/mol. The standard InChI is InChI=1S/C24H27N5O/c1-16-23(17(2)29(27-16)22-7-5-6-14-25-22)19-8-11-20(15-19)26-24(30)18-9-12-21(13-10-18)28(3)4/h5-14,19-20H,15H2,1-4H3,(H,26,30)/t19-,20+/m0/s1. The van der Waals surface area contributed by atoms with Crippen molar-refractivity contribution in [3.8, 4) is 5.82 Å². The molecule has 4 rings (SSSR count). The summed E-state index contributed by atoms with van der Waals surface area (Å²) in [6, 6.07) is 13.5. The van der Waals surface area contributed by atoms with Gasteiger partial charge in [0.25, 0.3) is 5.91 Å². The lowest BCUT2D eigenvalue weighted by atomic mass is 9.96. The highest BCUT2D eigenvalue weighted by molar-refractivity contribution is 5.94. The van der Waals surface area contributed by atoms with Crippen LogP contribution in [0.5, 0.6) is 0 Å². The minimum absolute atomic E-state index is 0.00743. The maximum atomic E-state index is 12.7. The number of hydrogen-bond acceptors (Lipinski definition) is 4. The number of pyridine rings is 1. The van der Waals surface area contributed by atoms with Crippen LogP contribution in [0.4, 0.5) is 5.69 Å². The maximum absolute atomic E-state index is 12.7. The van der Waals surface area contributed by atoms with Gasteiger partial charge in [0.05, 0.1) is 5.69 Å². The Morgan fingerprint density at radius 3 is 2.53 bits per heavy atom. The Morgan fingerprint density at radius 1 is 1.10 bits per heavy atom. The molecule has 6 nitrogen and oxygen atoms in total. The molecule has 6 heteroatoms. The van der Waals surface area contributed by atoms with E-state index in [0.29, 0.717) is 5.56 Å². The number of amides is 1. The van der Waals surface area contributed by atoms with Gasteiger partial charge in [0.1, 0.15) is 0 Å². The van der Waals surface area contributed by atoms with Crippen molar-refractivity contribution in [3.05, 3.63) is 83.3 Å². The SMILES string of the molecule is Cc1nn(-c2ccccn2)c(C)c1[C@H]1C=C[C@@H](NC(=O)c2ccc(N(C)C)cc2)C1. The number of carbonyl (C=O) groups excluding carboxylic acids is 1. The molecule has 0 spiro atoms. The van der Waals surface area contributed by atoms with Gasteiger partial charge in [0, 0.05) is 54.8 Å². The smallest absolute Gasteiger partial charge is 0.251 e. The summed E-state index contributed by atoms with van der Waals surface area (Å²) in [6.07, 6.45) is 6.88. The van der Waals surface area contributed by atoms with E-state index in [1.807, 2.05) is 73.1 Å². The highest BCUT2D eigenvalue weighted by atomic mass is 16.1. The Kier molecular flexibility index (Phi) is 5.40. The summed E-state index contributed by atoms with van der Waals surface area (Å²) < 4.78 is 1.90. The first kappa shape index (κ1) is 19.9. The Bertz CT molecular complexity index is 1070. The monoisotopic (exact) mass is 401 g/mol. The molecule has 0 saturated carbocycles. The molecular weight excluding hydrogens is 374 g/mol. The van der Waals surface area contributed by atoms with Gasteiger partial charge in [0.15, 0.2) is 5.82 Å². The third kappa shape index (κ3) is 3.85. The third-order valence-corrected chi connectivity index (χ3v) is 5.63. The fourth-order valence-corrected chi connectivity index (χ4v) is 4.08. The van der Waals surface area contributed by atoms with Crippen LogP contribution in [-0.2, 0) is 0 Å². The molecule has 1 aliphatic rings. The maximum Gasteiger partial charge on any atom is 0.251 e. The molecule has 1 amide bonds. The molecule has 0 saturated heterocycles. The van der Waals surface area contributed by atoms with E-state index in [2.05, 4.69) is 29.4 Å². The van der Waals surface area contributed by atoms with E-state index in [1.165, 1.54) is 5.56 Å². The van der Waals surface area contributed by atoms with Gasteiger partial charge in [-0.1, -0.05) is 18.2 Å². The van der Waals surface area contributed by atoms with Crippen LogP contribution < -0.4 is 10.2 Å². The Morgan fingerprint density at radius 2 is 1.87 bits per heavy atom. The van der Waals surface area contributed by atoms with Crippen molar-refractivity contribution in [3.63, 3.8) is 0 Å². The zero-order valence-electron chi connectivity index (χ0n) is 17.8. The minimum Gasteiger partial charge on any atom is -0.378 e. The summed E-state index contributed by atoms with van der Waals surface area (Å²) in [7, 11) is 3.97. The van der Waals surface area contributed by atoms with Gasteiger partial charge in [0.2, 0.25) is 0 Å². The number of benzene rings is 1. The average Bonchev–Trinajstić information content (AvgIpc) is 3.32. The first-order chi connectivity index (χ1) is 14.4. The van der Waals surface area contributed by atoms with E-state index in [9.17, 15) is 4.79 Å². The van der Waals surface area contributed by atoms with Crippen LogP contribution in [0.3, 0.4) is 0 Å². The highest BCUT2D eigenvalue weighted by Crippen LogP contribution is 2.33. The lowest BCUT2D eigenvalue weighted by Gasteiger charge is -2.16. The summed E-state index contributed by atoms with van der Waals surface area (Å²) in [5.41, 5.74) is 5.05. The number of hydrogen-bond donors (Lipinski definition) is 1. The van der Waals surface area contributed by atoms with Crippen LogP contribution in [0, 0.1) is 13.8 Å². The van der Waals surface area contributed by atoms with Crippen molar-refractivity contribution < 1.29 is 4.79 Å². The molecule has 2 aromatic heterocycles. The topological polar surface area (TPSA) is 63.1 Å². The van der Waals surface area contributed by atoms with E-state index >= 15 is 0 Å². The molecule has 0 bridgehead atoms. The molecule has 154 valence electrons. The average molecular weight is 402 g/mol. The molecule has 30 heavy (non-hydrogen) atoms. The van der Waals surface area contributed by atoms with Gasteiger partial charge in [-0.05, 0) is 56.7 Å². The third-order valence-electron chi connectivity index (χ3n) is 5.63. The Labute approximate surface area is 177 Å². The van der Waals surface area contributed by atoms with Gasteiger partial charge in [-0.3, -0.25) is 4.79 Å². The van der Waals surface area contributed by atoms with Crippen molar-refractivity contribution in [1.29, 1.82) is 0 Å². The molecule has 1 aromatic carbocycles. The zero-order valence-corrected chi connectivity index (χ0v) is 17.8. The van der Waals surface area contributed by atoms with Gasteiger partial charge < -0.3 is 10.2 Å². The molecule has 2 atom stereocenters. The number of anilines is 1. The lowest BCUT2D eigenvalue weighted by molar-refractivity contribution is 0.0944. The summed E-state index contributed by atoms with van der Waals surface area (Å²) >= 11 is 0. The second-order valence-corrected chi connectivity index (χ2v) is 7.93. The van der Waals surface area contributed by atoms with Gasteiger partial charge in [-0.15, -0.1) is 0 Å². The fraction of sp³-hybridized carbons (Fsp3) is 0.292. The number of allylic oxidation sites excluding steroid dienone is 1. The normalized spacial score (nSPS) is 17.9. The van der Waals surface area contributed by atoms with Crippen molar-refractivity contribution >= 4 is 11.6 Å². The summed E-state index contributed by atoms with van der Waals surface area (Å²) in [5.74, 6) is 0.995. The van der Waals surface area contributed by atoms with Gasteiger partial charge >= 0.3 is 0 Å². The van der Waals surface area contributed by atoms with Gasteiger partial charge in [-0.25, -0.2) is 9.67 Å². The van der Waals surface area contributed by atoms with Crippen LogP contribution in [0.15, 0.2) is 60.8 Å². The van der Waals surface area contributed by atoms with E-state index in [1.54, 1.807) is 6.20 Å². The van der Waals surface area contributed by atoms with E-state index in [4.69, 9.17) is 5.10 Å². The number of aromatic nitrogens is 3. The second-order valence-electron chi connectivity index (χ2n) is 7.93. The number of nitrogens with zero attached hydrogens (tertiary/aromatic N) is 4. The second kappa shape index (κ2) is 8.14. The summed E-state index contributed by atoms with van der Waals surface area (Å²) in [5, 5.41) is 7.85. The molecule has 1 N–H and O–H groups in total. The van der Waals surface area contributed by atoms with Crippen molar-refractivity contribution in [2.24, 2.45) is 0 Å². The van der Waals surface area contributed by atoms with Crippen molar-refractivity contribution in [2.75, 3.05) is 19.0 Å². The number of rotatable bonds is 5. The largest absolute Gasteiger partial charge is 0.378 e. The minimum atomic E-state index is -0.0479. The van der Waals surface area contributed by atoms with Crippen LogP contribution in [0.2, 0.25) is 0 Å². The van der Waals surface area contributed by atoms with Crippen LogP contribution in [0.1, 0.15) is 39.6 Å². The van der Waals surface area contributed by atoms with Crippen LogP contribution in [-0.4, -0.2) is 40.8 Å². The predicted octanol–water partition coefficient (Wildman–Crippen LogP) is 3.79. The number of aryl methyl sites for hydroxylation is 1. The molecule has 0 unspecified atom stereocenters. The molecule has 3 aromatic rings. The highest BCUT2D eigenvalue weighted by Gasteiger charge is 2.27. The fourth-order valence-electron chi connectivity index (χ4n) is 4.08. The van der Waals surface area contributed by atoms with Crippen LogP contribution >= 0.6 is 0 Å². The van der Waals surface area contributed by atoms with Crippen molar-refractivity contribution in [1.82, 2.24) is 20.1 Å². The molecule has 1 aliphatic carbocycles. The molecular formula is C24H27N5O. The first-order valence-electron chi connectivity index (χ1n) is 10.2. The Balaban J connectivity index is 1.46. The molecule has 0 aliphatic heterocycles. The quantitative estimate of drug-likeness (QED) is 0.661. The molecule has 2 heterocycles. The Hall–Kier alpha value is -3.41. The van der Waals surface area contributed by atoms with Crippen LogP contribution in [0.25, 0.3) is 5.82 Å². The summed E-state index contributed by atoms with van der Waals surface area (Å²) in [6.45, 7) is 4.11. The lowest BCUT2D eigenvalue weighted by Crippen LogP contribution is -2.32. The number of nitrogens with one attached hydrogen (secondary N) is 1. The number of carbonyl (C=O) groups is 1. The first-order valence-corrected chi connectivity index (χ1v) is 10.2.